The average Bonchev–Trinajstić information content (AvgIpc) is 2.35. The molecule has 1 heteroatoms. The molecule has 12 heavy (non-hydrogen) atoms. The SMILES string of the molecule is CC(C)(C)C1CCC(CCN)C1. The van der Waals surface area contributed by atoms with Crippen LogP contribution in [0.1, 0.15) is 46.5 Å². The molecule has 2 N–H and O–H groups in total. The second kappa shape index (κ2) is 3.78. The van der Waals surface area contributed by atoms with Gasteiger partial charge in [-0.25, -0.2) is 0 Å². The van der Waals surface area contributed by atoms with Gasteiger partial charge >= 0.3 is 0 Å². The second-order valence-corrected chi connectivity index (χ2v) is 5.32. The fourth-order valence-electron chi connectivity index (χ4n) is 2.36. The Morgan fingerprint density at radius 1 is 1.25 bits per heavy atom. The molecule has 0 spiro atoms. The summed E-state index contributed by atoms with van der Waals surface area (Å²) >= 11 is 0. The topological polar surface area (TPSA) is 26.0 Å². The van der Waals surface area contributed by atoms with Crippen molar-refractivity contribution in [2.75, 3.05) is 6.54 Å². The molecule has 0 aliphatic heterocycles. The van der Waals surface area contributed by atoms with Gasteiger partial charge in [0, 0.05) is 0 Å². The van der Waals surface area contributed by atoms with Crippen LogP contribution in [0.5, 0.6) is 0 Å². The Bertz CT molecular complexity index is 134. The summed E-state index contributed by atoms with van der Waals surface area (Å²) in [5.41, 5.74) is 6.08. The van der Waals surface area contributed by atoms with Gasteiger partial charge in [0.05, 0.1) is 0 Å². The van der Waals surface area contributed by atoms with Crippen LogP contribution in [-0.2, 0) is 0 Å². The Morgan fingerprint density at radius 2 is 1.92 bits per heavy atom. The molecule has 1 saturated carbocycles. The second-order valence-electron chi connectivity index (χ2n) is 5.32. The highest BCUT2D eigenvalue weighted by Crippen LogP contribution is 2.42. The summed E-state index contributed by atoms with van der Waals surface area (Å²) < 4.78 is 0. The molecule has 0 aromatic carbocycles. The fraction of sp³-hybridized carbons (Fsp3) is 1.00. The van der Waals surface area contributed by atoms with Crippen molar-refractivity contribution in [2.45, 2.75) is 46.5 Å². The van der Waals surface area contributed by atoms with E-state index in [0.29, 0.717) is 5.41 Å². The minimum atomic E-state index is 0.517. The van der Waals surface area contributed by atoms with Crippen molar-refractivity contribution >= 4 is 0 Å². The maximum Gasteiger partial charge on any atom is -0.00746 e. The summed E-state index contributed by atoms with van der Waals surface area (Å²) in [6.07, 6.45) is 5.50. The van der Waals surface area contributed by atoms with Crippen LogP contribution < -0.4 is 5.73 Å². The van der Waals surface area contributed by atoms with Gasteiger partial charge in [-0.05, 0) is 43.1 Å². The maximum atomic E-state index is 5.56. The van der Waals surface area contributed by atoms with Crippen molar-refractivity contribution in [1.29, 1.82) is 0 Å². The molecule has 2 unspecified atom stereocenters. The Kier molecular flexibility index (Phi) is 3.16. The zero-order chi connectivity index (χ0) is 9.19. The van der Waals surface area contributed by atoms with E-state index in [1.807, 2.05) is 0 Å². The van der Waals surface area contributed by atoms with Gasteiger partial charge in [0.2, 0.25) is 0 Å². The lowest BCUT2D eigenvalue weighted by molar-refractivity contribution is 0.238. The first-order valence-electron chi connectivity index (χ1n) is 5.24. The van der Waals surface area contributed by atoms with E-state index in [-0.39, 0.29) is 0 Å². The smallest absolute Gasteiger partial charge is 0.00746 e. The summed E-state index contributed by atoms with van der Waals surface area (Å²) in [5.74, 6) is 1.87. The molecule has 1 fully saturated rings. The van der Waals surface area contributed by atoms with E-state index in [1.54, 1.807) is 0 Å². The van der Waals surface area contributed by atoms with Crippen LogP contribution in [0, 0.1) is 17.3 Å². The summed E-state index contributed by atoms with van der Waals surface area (Å²) in [6.45, 7) is 7.97. The van der Waals surface area contributed by atoms with E-state index in [4.69, 9.17) is 5.73 Å². The van der Waals surface area contributed by atoms with Crippen LogP contribution in [0.25, 0.3) is 0 Å². The maximum absolute atomic E-state index is 5.56. The third-order valence-corrected chi connectivity index (χ3v) is 3.34. The standard InChI is InChI=1S/C11H23N/c1-11(2,3)10-5-4-9(8-10)6-7-12/h9-10H,4-8,12H2,1-3H3. The summed E-state index contributed by atoms with van der Waals surface area (Å²) in [6, 6.07) is 0. The van der Waals surface area contributed by atoms with Crippen molar-refractivity contribution in [3.63, 3.8) is 0 Å². The van der Waals surface area contributed by atoms with Crippen LogP contribution in [0.3, 0.4) is 0 Å². The van der Waals surface area contributed by atoms with E-state index >= 15 is 0 Å². The molecule has 0 saturated heterocycles. The first kappa shape index (κ1) is 10.0. The Balaban J connectivity index is 2.35. The quantitative estimate of drug-likeness (QED) is 0.676. The highest BCUT2D eigenvalue weighted by Gasteiger charge is 2.32. The van der Waals surface area contributed by atoms with Crippen molar-refractivity contribution in [2.24, 2.45) is 23.0 Å². The van der Waals surface area contributed by atoms with Gasteiger partial charge in [-0.15, -0.1) is 0 Å². The van der Waals surface area contributed by atoms with Crippen LogP contribution in [0.4, 0.5) is 0 Å². The molecule has 1 nitrogen and oxygen atoms in total. The fourth-order valence-corrected chi connectivity index (χ4v) is 2.36. The molecule has 0 radical (unpaired) electrons. The third-order valence-electron chi connectivity index (χ3n) is 3.34. The molecule has 0 heterocycles. The lowest BCUT2D eigenvalue weighted by Crippen LogP contribution is -2.17. The molecular weight excluding hydrogens is 146 g/mol. The average molecular weight is 169 g/mol. The zero-order valence-electron chi connectivity index (χ0n) is 8.77. The summed E-state index contributed by atoms with van der Waals surface area (Å²) in [5, 5.41) is 0. The number of rotatable bonds is 2. The minimum Gasteiger partial charge on any atom is -0.330 e. The predicted octanol–water partition coefficient (Wildman–Crippen LogP) is 2.80. The van der Waals surface area contributed by atoms with Crippen LogP contribution in [0.15, 0.2) is 0 Å². The van der Waals surface area contributed by atoms with Gasteiger partial charge in [0.1, 0.15) is 0 Å². The van der Waals surface area contributed by atoms with Crippen molar-refractivity contribution in [3.05, 3.63) is 0 Å². The molecule has 0 bridgehead atoms. The summed E-state index contributed by atoms with van der Waals surface area (Å²) in [4.78, 5) is 0. The molecule has 2 atom stereocenters. The lowest BCUT2D eigenvalue weighted by atomic mass is 9.79. The molecule has 1 aliphatic rings. The molecule has 0 aromatic rings. The largest absolute Gasteiger partial charge is 0.330 e. The highest BCUT2D eigenvalue weighted by molar-refractivity contribution is 4.83. The third kappa shape index (κ3) is 2.48. The van der Waals surface area contributed by atoms with Gasteiger partial charge in [-0.2, -0.15) is 0 Å². The van der Waals surface area contributed by atoms with Gasteiger partial charge in [0.15, 0.2) is 0 Å². The lowest BCUT2D eigenvalue weighted by Gasteiger charge is -2.26. The number of hydrogen-bond acceptors (Lipinski definition) is 1. The number of nitrogens with two attached hydrogens (primary N) is 1. The van der Waals surface area contributed by atoms with Crippen molar-refractivity contribution in [3.8, 4) is 0 Å². The zero-order valence-corrected chi connectivity index (χ0v) is 8.77. The van der Waals surface area contributed by atoms with Gasteiger partial charge < -0.3 is 5.73 Å². The molecule has 0 amide bonds. The van der Waals surface area contributed by atoms with E-state index in [2.05, 4.69) is 20.8 Å². The van der Waals surface area contributed by atoms with E-state index < -0.39 is 0 Å². The highest BCUT2D eigenvalue weighted by atomic mass is 14.5. The predicted molar refractivity (Wildman–Crippen MR) is 54.0 cm³/mol. The van der Waals surface area contributed by atoms with Gasteiger partial charge in [0.25, 0.3) is 0 Å². The Hall–Kier alpha value is -0.0400. The first-order valence-corrected chi connectivity index (χ1v) is 5.24. The molecular formula is C11H23N. The van der Waals surface area contributed by atoms with Crippen LogP contribution in [0.2, 0.25) is 0 Å². The van der Waals surface area contributed by atoms with Gasteiger partial charge in [-0.1, -0.05) is 27.2 Å². The summed E-state index contributed by atoms with van der Waals surface area (Å²) in [7, 11) is 0. The van der Waals surface area contributed by atoms with Crippen molar-refractivity contribution in [1.82, 2.24) is 0 Å². The monoisotopic (exact) mass is 169 g/mol. The molecule has 0 aromatic heterocycles. The van der Waals surface area contributed by atoms with Crippen molar-refractivity contribution < 1.29 is 0 Å². The molecule has 1 aliphatic carbocycles. The van der Waals surface area contributed by atoms with Gasteiger partial charge in [-0.3, -0.25) is 0 Å². The van der Waals surface area contributed by atoms with E-state index in [0.717, 1.165) is 18.4 Å². The van der Waals surface area contributed by atoms with E-state index in [9.17, 15) is 0 Å². The first-order chi connectivity index (χ1) is 5.54. The normalized spacial score (nSPS) is 31.0. The Morgan fingerprint density at radius 3 is 2.33 bits per heavy atom. The number of hydrogen-bond donors (Lipinski definition) is 1. The van der Waals surface area contributed by atoms with Crippen LogP contribution in [-0.4, -0.2) is 6.54 Å². The van der Waals surface area contributed by atoms with E-state index in [1.165, 1.54) is 25.7 Å². The van der Waals surface area contributed by atoms with Crippen LogP contribution >= 0.6 is 0 Å². The Labute approximate surface area is 76.7 Å². The minimum absolute atomic E-state index is 0.517. The molecule has 72 valence electrons. The molecule has 1 rings (SSSR count).